The molecule has 3 fully saturated rings. The Morgan fingerprint density at radius 2 is 2.17 bits per heavy atom. The van der Waals surface area contributed by atoms with Crippen molar-refractivity contribution in [2.24, 2.45) is 0 Å². The lowest BCUT2D eigenvalue weighted by Crippen LogP contribution is -2.61. The van der Waals surface area contributed by atoms with Crippen LogP contribution < -0.4 is 5.32 Å². The van der Waals surface area contributed by atoms with Gasteiger partial charge in [-0.1, -0.05) is 6.07 Å². The van der Waals surface area contributed by atoms with Gasteiger partial charge in [-0.25, -0.2) is 9.78 Å². The minimum absolute atomic E-state index is 0.0197. The standard InChI is InChI=1S/C17H23N3O3/c1-17(2)10-20(13-8-22-9-14(13)23-17)16(21)19-15-6-5-12(7-18-15)11-3-4-11/h5-7,11,13-14H,3-4,8-10H2,1-2H3,(H,18,19,21)/t13-,14-/m1/s1. The largest absolute Gasteiger partial charge is 0.376 e. The van der Waals surface area contributed by atoms with E-state index in [1.807, 2.05) is 31.0 Å². The number of amides is 2. The molecule has 2 amide bonds. The van der Waals surface area contributed by atoms with Crippen LogP contribution in [0.25, 0.3) is 0 Å². The zero-order valence-electron chi connectivity index (χ0n) is 13.6. The maximum atomic E-state index is 12.7. The quantitative estimate of drug-likeness (QED) is 0.909. The van der Waals surface area contributed by atoms with Crippen LogP contribution in [0.15, 0.2) is 18.3 Å². The van der Waals surface area contributed by atoms with Crippen molar-refractivity contribution in [2.75, 3.05) is 25.1 Å². The second kappa shape index (κ2) is 5.46. The number of rotatable bonds is 2. The normalized spacial score (nSPS) is 29.2. The van der Waals surface area contributed by atoms with Crippen molar-refractivity contribution < 1.29 is 14.3 Å². The highest BCUT2D eigenvalue weighted by molar-refractivity contribution is 5.88. The zero-order valence-corrected chi connectivity index (χ0v) is 13.6. The first kappa shape index (κ1) is 14.9. The monoisotopic (exact) mass is 317 g/mol. The molecule has 6 nitrogen and oxygen atoms in total. The van der Waals surface area contributed by atoms with Gasteiger partial charge < -0.3 is 14.4 Å². The summed E-state index contributed by atoms with van der Waals surface area (Å²) < 4.78 is 11.5. The molecular formula is C17H23N3O3. The molecule has 1 saturated carbocycles. The predicted octanol–water partition coefficient (Wildman–Crippen LogP) is 2.37. The lowest BCUT2D eigenvalue weighted by Gasteiger charge is -2.44. The fraction of sp³-hybridized carbons (Fsp3) is 0.647. The zero-order chi connectivity index (χ0) is 16.0. The first-order valence-corrected chi connectivity index (χ1v) is 8.31. The minimum atomic E-state index is -0.366. The number of hydrogen-bond donors (Lipinski definition) is 1. The Morgan fingerprint density at radius 1 is 1.35 bits per heavy atom. The molecule has 3 aliphatic rings. The van der Waals surface area contributed by atoms with Crippen molar-refractivity contribution in [1.82, 2.24) is 9.88 Å². The van der Waals surface area contributed by atoms with Gasteiger partial charge in [-0.15, -0.1) is 0 Å². The molecule has 0 spiro atoms. The molecule has 4 rings (SSSR count). The van der Waals surface area contributed by atoms with E-state index in [9.17, 15) is 4.79 Å². The topological polar surface area (TPSA) is 63.7 Å². The van der Waals surface area contributed by atoms with Crippen molar-refractivity contribution in [3.63, 3.8) is 0 Å². The van der Waals surface area contributed by atoms with E-state index in [0.29, 0.717) is 31.5 Å². The Bertz CT molecular complexity index is 598. The molecule has 1 aliphatic carbocycles. The third-order valence-corrected chi connectivity index (χ3v) is 4.75. The number of nitrogens with zero attached hydrogens (tertiary/aromatic N) is 2. The summed E-state index contributed by atoms with van der Waals surface area (Å²) >= 11 is 0. The summed E-state index contributed by atoms with van der Waals surface area (Å²) in [5.74, 6) is 1.27. The van der Waals surface area contributed by atoms with Crippen molar-refractivity contribution in [3.8, 4) is 0 Å². The lowest BCUT2D eigenvalue weighted by molar-refractivity contribution is -0.135. The number of pyridine rings is 1. The molecule has 1 aromatic rings. The van der Waals surface area contributed by atoms with Gasteiger partial charge in [0.15, 0.2) is 0 Å². The van der Waals surface area contributed by atoms with Crippen LogP contribution in [0.5, 0.6) is 0 Å². The highest BCUT2D eigenvalue weighted by Gasteiger charge is 2.46. The Balaban J connectivity index is 1.46. The number of carbonyl (C=O) groups excluding carboxylic acids is 1. The number of carbonyl (C=O) groups is 1. The van der Waals surface area contributed by atoms with Gasteiger partial charge in [-0.3, -0.25) is 5.32 Å². The maximum Gasteiger partial charge on any atom is 0.323 e. The molecule has 6 heteroatoms. The van der Waals surface area contributed by atoms with E-state index in [1.165, 1.54) is 18.4 Å². The first-order chi connectivity index (χ1) is 11.0. The summed E-state index contributed by atoms with van der Waals surface area (Å²) in [6.07, 6.45) is 4.33. The summed E-state index contributed by atoms with van der Waals surface area (Å²) in [6, 6.07) is 3.80. The number of aromatic nitrogens is 1. The molecule has 0 aromatic carbocycles. The van der Waals surface area contributed by atoms with Crippen LogP contribution in [-0.2, 0) is 9.47 Å². The van der Waals surface area contributed by atoms with Gasteiger partial charge in [-0.2, -0.15) is 0 Å². The Labute approximate surface area is 136 Å². The SMILES string of the molecule is CC1(C)CN(C(=O)Nc2ccc(C3CC3)cn2)[C@@H]2COC[C@H]2O1. The second-order valence-corrected chi connectivity index (χ2v) is 7.33. The lowest BCUT2D eigenvalue weighted by atomic mass is 10.0. The van der Waals surface area contributed by atoms with Crippen molar-refractivity contribution >= 4 is 11.8 Å². The van der Waals surface area contributed by atoms with E-state index in [2.05, 4.69) is 16.4 Å². The minimum Gasteiger partial charge on any atom is -0.376 e. The van der Waals surface area contributed by atoms with E-state index in [4.69, 9.17) is 9.47 Å². The highest BCUT2D eigenvalue weighted by atomic mass is 16.6. The number of morpholine rings is 1. The van der Waals surface area contributed by atoms with Crippen molar-refractivity contribution in [2.45, 2.75) is 50.4 Å². The van der Waals surface area contributed by atoms with Gasteiger partial charge in [0.05, 0.1) is 31.4 Å². The van der Waals surface area contributed by atoms with E-state index in [-0.39, 0.29) is 23.8 Å². The van der Waals surface area contributed by atoms with Gasteiger partial charge in [0.25, 0.3) is 0 Å². The molecule has 2 aliphatic heterocycles. The van der Waals surface area contributed by atoms with Crippen LogP contribution in [0.4, 0.5) is 10.6 Å². The molecule has 124 valence electrons. The van der Waals surface area contributed by atoms with Crippen LogP contribution in [0.2, 0.25) is 0 Å². The highest BCUT2D eigenvalue weighted by Crippen LogP contribution is 2.39. The summed E-state index contributed by atoms with van der Waals surface area (Å²) in [5, 5.41) is 2.91. The summed E-state index contributed by atoms with van der Waals surface area (Å²) in [5.41, 5.74) is 0.898. The van der Waals surface area contributed by atoms with E-state index in [0.717, 1.165) is 0 Å². The fourth-order valence-electron chi connectivity index (χ4n) is 3.44. The number of urea groups is 1. The molecule has 0 bridgehead atoms. The predicted molar refractivity (Wildman–Crippen MR) is 85.5 cm³/mol. The van der Waals surface area contributed by atoms with Gasteiger partial charge in [0.2, 0.25) is 0 Å². The van der Waals surface area contributed by atoms with Crippen LogP contribution in [0.3, 0.4) is 0 Å². The van der Waals surface area contributed by atoms with Crippen molar-refractivity contribution in [3.05, 3.63) is 23.9 Å². The summed E-state index contributed by atoms with van der Waals surface area (Å²) in [7, 11) is 0. The van der Waals surface area contributed by atoms with Crippen molar-refractivity contribution in [1.29, 1.82) is 0 Å². The van der Waals surface area contributed by atoms with E-state index >= 15 is 0 Å². The van der Waals surface area contributed by atoms with Crippen LogP contribution >= 0.6 is 0 Å². The first-order valence-electron chi connectivity index (χ1n) is 8.31. The second-order valence-electron chi connectivity index (χ2n) is 7.33. The Hall–Kier alpha value is -1.66. The summed E-state index contributed by atoms with van der Waals surface area (Å²) in [4.78, 5) is 18.9. The van der Waals surface area contributed by atoms with Gasteiger partial charge >= 0.3 is 6.03 Å². The molecule has 0 unspecified atom stereocenters. The smallest absolute Gasteiger partial charge is 0.323 e. The Morgan fingerprint density at radius 3 is 2.87 bits per heavy atom. The molecule has 2 atom stereocenters. The van der Waals surface area contributed by atoms with E-state index < -0.39 is 0 Å². The molecule has 3 heterocycles. The van der Waals surface area contributed by atoms with Gasteiger partial charge in [0.1, 0.15) is 11.9 Å². The summed E-state index contributed by atoms with van der Waals surface area (Å²) in [6.45, 7) is 5.63. The molecule has 23 heavy (non-hydrogen) atoms. The Kier molecular flexibility index (Phi) is 3.54. The average molecular weight is 317 g/mol. The average Bonchev–Trinajstić information content (AvgIpc) is 3.25. The molecule has 1 aromatic heterocycles. The third-order valence-electron chi connectivity index (χ3n) is 4.75. The van der Waals surface area contributed by atoms with Crippen LogP contribution in [-0.4, -0.2) is 53.4 Å². The third kappa shape index (κ3) is 3.05. The molecular weight excluding hydrogens is 294 g/mol. The number of anilines is 1. The molecule has 1 N–H and O–H groups in total. The number of fused-ring (bicyclic) bond motifs is 1. The fourth-order valence-corrected chi connectivity index (χ4v) is 3.44. The van der Waals surface area contributed by atoms with Crippen LogP contribution in [0, 0.1) is 0 Å². The number of ether oxygens (including phenoxy) is 2. The number of hydrogen-bond acceptors (Lipinski definition) is 4. The van der Waals surface area contributed by atoms with E-state index in [1.54, 1.807) is 0 Å². The van der Waals surface area contributed by atoms with Crippen LogP contribution in [0.1, 0.15) is 38.2 Å². The molecule has 2 saturated heterocycles. The molecule has 0 radical (unpaired) electrons. The maximum absolute atomic E-state index is 12.7. The van der Waals surface area contributed by atoms with Gasteiger partial charge in [0, 0.05) is 6.20 Å². The van der Waals surface area contributed by atoms with Gasteiger partial charge in [-0.05, 0) is 44.2 Å². The number of nitrogens with one attached hydrogen (secondary N) is 1.